The van der Waals surface area contributed by atoms with E-state index in [2.05, 4.69) is 44.9 Å². The van der Waals surface area contributed by atoms with Gasteiger partial charge in [-0.1, -0.05) is 18.2 Å². The van der Waals surface area contributed by atoms with Crippen molar-refractivity contribution in [1.82, 2.24) is 20.2 Å². The molecule has 3 aromatic rings. The molecule has 1 fully saturated rings. The molecule has 2 N–H and O–H groups in total. The molecule has 134 valence electrons. The number of carbonyl (C=O) groups excluding carboxylic acids is 1. The van der Waals surface area contributed by atoms with E-state index in [1.165, 1.54) is 5.69 Å². The van der Waals surface area contributed by atoms with Crippen molar-refractivity contribution in [3.05, 3.63) is 66.0 Å². The second-order valence-corrected chi connectivity index (χ2v) is 6.62. The number of amides is 1. The van der Waals surface area contributed by atoms with Crippen LogP contribution in [0, 0.1) is 0 Å². The van der Waals surface area contributed by atoms with Gasteiger partial charge in [-0.2, -0.15) is 5.10 Å². The van der Waals surface area contributed by atoms with Gasteiger partial charge in [0.25, 0.3) is 5.91 Å². The van der Waals surface area contributed by atoms with Gasteiger partial charge in [0.15, 0.2) is 5.69 Å². The second-order valence-electron chi connectivity index (χ2n) is 6.62. The molecule has 4 rings (SSSR count). The van der Waals surface area contributed by atoms with Crippen molar-refractivity contribution in [2.24, 2.45) is 0 Å². The lowest BCUT2D eigenvalue weighted by molar-refractivity contribution is 0.0934. The van der Waals surface area contributed by atoms with Crippen LogP contribution in [-0.4, -0.2) is 41.7 Å². The SMILES string of the molecule is CC(NC(=O)c1cc2ccccn2n1)c1ccc(N2CCNCC2)cc1. The van der Waals surface area contributed by atoms with Gasteiger partial charge in [0.1, 0.15) is 0 Å². The Labute approximate surface area is 152 Å². The lowest BCUT2D eigenvalue weighted by Gasteiger charge is -2.29. The summed E-state index contributed by atoms with van der Waals surface area (Å²) >= 11 is 0. The van der Waals surface area contributed by atoms with E-state index >= 15 is 0 Å². The Balaban J connectivity index is 1.43. The topological polar surface area (TPSA) is 61.7 Å². The van der Waals surface area contributed by atoms with Gasteiger partial charge in [0.2, 0.25) is 0 Å². The van der Waals surface area contributed by atoms with Crippen LogP contribution >= 0.6 is 0 Å². The Morgan fingerprint density at radius 1 is 1.15 bits per heavy atom. The van der Waals surface area contributed by atoms with Gasteiger partial charge in [-0.15, -0.1) is 0 Å². The van der Waals surface area contributed by atoms with Crippen LogP contribution < -0.4 is 15.5 Å². The number of hydrogen-bond acceptors (Lipinski definition) is 4. The fourth-order valence-electron chi connectivity index (χ4n) is 3.30. The molecule has 3 heterocycles. The maximum absolute atomic E-state index is 12.5. The second kappa shape index (κ2) is 7.17. The average molecular weight is 349 g/mol. The Morgan fingerprint density at radius 2 is 1.92 bits per heavy atom. The molecule has 1 amide bonds. The van der Waals surface area contributed by atoms with Crippen LogP contribution in [0.2, 0.25) is 0 Å². The molecule has 0 spiro atoms. The average Bonchev–Trinajstić information content (AvgIpc) is 3.13. The molecule has 0 radical (unpaired) electrons. The number of aromatic nitrogens is 2. The highest BCUT2D eigenvalue weighted by molar-refractivity contribution is 5.93. The number of piperazine rings is 1. The highest BCUT2D eigenvalue weighted by Crippen LogP contribution is 2.20. The first-order chi connectivity index (χ1) is 12.7. The predicted molar refractivity (Wildman–Crippen MR) is 103 cm³/mol. The van der Waals surface area contributed by atoms with Crippen molar-refractivity contribution in [3.8, 4) is 0 Å². The van der Waals surface area contributed by atoms with Crippen molar-refractivity contribution in [3.63, 3.8) is 0 Å². The van der Waals surface area contributed by atoms with Gasteiger partial charge in [-0.3, -0.25) is 4.79 Å². The Morgan fingerprint density at radius 3 is 2.65 bits per heavy atom. The summed E-state index contributed by atoms with van der Waals surface area (Å²) in [6.07, 6.45) is 1.84. The number of fused-ring (bicyclic) bond motifs is 1. The molecule has 1 aliphatic rings. The standard InChI is InChI=1S/C20H23N5O/c1-15(16-5-7-17(8-6-16)24-12-9-21-10-13-24)22-20(26)19-14-18-4-2-3-11-25(18)23-19/h2-8,11,14-15,21H,9-10,12-13H2,1H3,(H,22,26). The first kappa shape index (κ1) is 16.6. The molecule has 6 nitrogen and oxygen atoms in total. The molecule has 1 atom stereocenters. The maximum atomic E-state index is 12.5. The third-order valence-corrected chi connectivity index (χ3v) is 4.83. The third kappa shape index (κ3) is 3.41. The fourth-order valence-corrected chi connectivity index (χ4v) is 3.30. The summed E-state index contributed by atoms with van der Waals surface area (Å²) < 4.78 is 1.71. The van der Waals surface area contributed by atoms with Gasteiger partial charge in [0.05, 0.1) is 11.6 Å². The summed E-state index contributed by atoms with van der Waals surface area (Å²) in [6, 6.07) is 15.9. The molecule has 1 saturated heterocycles. The maximum Gasteiger partial charge on any atom is 0.272 e. The van der Waals surface area contributed by atoms with Crippen molar-refractivity contribution in [2.45, 2.75) is 13.0 Å². The molecule has 6 heteroatoms. The van der Waals surface area contributed by atoms with Crippen LogP contribution in [0.1, 0.15) is 29.0 Å². The minimum Gasteiger partial charge on any atom is -0.369 e. The number of benzene rings is 1. The molecular weight excluding hydrogens is 326 g/mol. The van der Waals surface area contributed by atoms with Crippen molar-refractivity contribution < 1.29 is 4.79 Å². The normalized spacial score (nSPS) is 15.8. The first-order valence-corrected chi connectivity index (χ1v) is 9.01. The molecule has 2 aromatic heterocycles. The number of anilines is 1. The van der Waals surface area contributed by atoms with E-state index in [4.69, 9.17) is 0 Å². The van der Waals surface area contributed by atoms with E-state index < -0.39 is 0 Å². The van der Waals surface area contributed by atoms with E-state index in [1.807, 2.05) is 31.3 Å². The fraction of sp³-hybridized carbons (Fsp3) is 0.300. The number of carbonyl (C=O) groups is 1. The molecule has 1 aromatic carbocycles. The van der Waals surface area contributed by atoms with Gasteiger partial charge < -0.3 is 15.5 Å². The summed E-state index contributed by atoms with van der Waals surface area (Å²) in [6.45, 7) is 6.09. The largest absolute Gasteiger partial charge is 0.369 e. The molecule has 0 aliphatic carbocycles. The minimum absolute atomic E-state index is 0.0793. The molecule has 0 bridgehead atoms. The van der Waals surface area contributed by atoms with Crippen molar-refractivity contribution >= 4 is 17.1 Å². The number of hydrogen-bond donors (Lipinski definition) is 2. The van der Waals surface area contributed by atoms with Crippen LogP contribution in [0.5, 0.6) is 0 Å². The Kier molecular flexibility index (Phi) is 4.58. The molecule has 1 aliphatic heterocycles. The van der Waals surface area contributed by atoms with Crippen LogP contribution in [0.25, 0.3) is 5.52 Å². The number of pyridine rings is 1. The van der Waals surface area contributed by atoms with Gasteiger partial charge in [0, 0.05) is 38.1 Å². The van der Waals surface area contributed by atoms with Crippen molar-refractivity contribution in [1.29, 1.82) is 0 Å². The Bertz CT molecular complexity index is 863. The summed E-state index contributed by atoms with van der Waals surface area (Å²) in [5.41, 5.74) is 3.65. The molecule has 1 unspecified atom stereocenters. The zero-order chi connectivity index (χ0) is 17.9. The zero-order valence-electron chi connectivity index (χ0n) is 14.9. The predicted octanol–water partition coefficient (Wildman–Crippen LogP) is 2.23. The minimum atomic E-state index is -0.160. The smallest absolute Gasteiger partial charge is 0.272 e. The lowest BCUT2D eigenvalue weighted by atomic mass is 10.1. The monoisotopic (exact) mass is 349 g/mol. The lowest BCUT2D eigenvalue weighted by Crippen LogP contribution is -2.43. The van der Waals surface area contributed by atoms with Crippen LogP contribution in [-0.2, 0) is 0 Å². The summed E-state index contributed by atoms with van der Waals surface area (Å²) in [5.74, 6) is -0.160. The van der Waals surface area contributed by atoms with E-state index in [0.29, 0.717) is 5.69 Å². The summed E-state index contributed by atoms with van der Waals surface area (Å²) in [7, 11) is 0. The first-order valence-electron chi connectivity index (χ1n) is 9.01. The molecular formula is C20H23N5O. The van der Waals surface area contributed by atoms with E-state index in [9.17, 15) is 4.79 Å². The van der Waals surface area contributed by atoms with Crippen molar-refractivity contribution in [2.75, 3.05) is 31.1 Å². The van der Waals surface area contributed by atoms with Gasteiger partial charge >= 0.3 is 0 Å². The summed E-state index contributed by atoms with van der Waals surface area (Å²) in [4.78, 5) is 14.9. The van der Waals surface area contributed by atoms with E-state index in [-0.39, 0.29) is 11.9 Å². The third-order valence-electron chi connectivity index (χ3n) is 4.83. The van der Waals surface area contributed by atoms with Crippen LogP contribution in [0.15, 0.2) is 54.7 Å². The quantitative estimate of drug-likeness (QED) is 0.758. The highest BCUT2D eigenvalue weighted by Gasteiger charge is 2.15. The number of nitrogens with zero attached hydrogens (tertiary/aromatic N) is 3. The van der Waals surface area contributed by atoms with E-state index in [0.717, 1.165) is 37.3 Å². The van der Waals surface area contributed by atoms with Gasteiger partial charge in [-0.05, 0) is 42.8 Å². The van der Waals surface area contributed by atoms with Gasteiger partial charge in [-0.25, -0.2) is 4.52 Å². The Hall–Kier alpha value is -2.86. The zero-order valence-corrected chi connectivity index (χ0v) is 14.9. The van der Waals surface area contributed by atoms with Crippen LogP contribution in [0.3, 0.4) is 0 Å². The molecule has 26 heavy (non-hydrogen) atoms. The number of rotatable bonds is 4. The molecule has 0 saturated carbocycles. The van der Waals surface area contributed by atoms with Crippen LogP contribution in [0.4, 0.5) is 5.69 Å². The summed E-state index contributed by atoms with van der Waals surface area (Å²) in [5, 5.41) is 10.7. The van der Waals surface area contributed by atoms with E-state index in [1.54, 1.807) is 10.6 Å². The highest BCUT2D eigenvalue weighted by atomic mass is 16.2. The number of nitrogens with one attached hydrogen (secondary N) is 2.